The third-order valence-electron chi connectivity index (χ3n) is 1.54. The van der Waals surface area contributed by atoms with Crippen LogP contribution in [0.5, 0.6) is 0 Å². The van der Waals surface area contributed by atoms with Crippen molar-refractivity contribution in [2.45, 2.75) is 12.8 Å². The first-order valence-electron chi connectivity index (χ1n) is 4.02. The lowest BCUT2D eigenvalue weighted by molar-refractivity contribution is -0.171. The summed E-state index contributed by atoms with van der Waals surface area (Å²) in [6.45, 7) is 0.219. The summed E-state index contributed by atoms with van der Waals surface area (Å²) in [6, 6.07) is 0. The zero-order chi connectivity index (χ0) is 10.6. The Labute approximate surface area is 85.1 Å². The van der Waals surface area contributed by atoms with Gasteiger partial charge in [-0.2, -0.15) is 0 Å². The molecule has 1 aliphatic rings. The molecule has 6 nitrogen and oxygen atoms in total. The van der Waals surface area contributed by atoms with Gasteiger partial charge in [-0.15, -0.1) is 16.7 Å². The topological polar surface area (TPSA) is 75.7 Å². The predicted molar refractivity (Wildman–Crippen MR) is 46.3 cm³/mol. The average molecular weight is 221 g/mol. The highest BCUT2D eigenvalue weighted by Gasteiger charge is 2.32. The van der Waals surface area contributed by atoms with Gasteiger partial charge in [-0.1, -0.05) is 0 Å². The molecule has 78 valence electrons. The van der Waals surface area contributed by atoms with Crippen molar-refractivity contribution in [3.63, 3.8) is 0 Å². The second kappa shape index (κ2) is 4.80. The van der Waals surface area contributed by atoms with Crippen LogP contribution >= 0.6 is 11.6 Å². The van der Waals surface area contributed by atoms with Gasteiger partial charge in [0.05, 0.1) is 0 Å². The van der Waals surface area contributed by atoms with Crippen molar-refractivity contribution in [1.29, 1.82) is 0 Å². The molecule has 1 rings (SSSR count). The Hall–Kier alpha value is -1.30. The van der Waals surface area contributed by atoms with Crippen molar-refractivity contribution in [2.24, 2.45) is 0 Å². The zero-order valence-corrected chi connectivity index (χ0v) is 8.04. The van der Waals surface area contributed by atoms with Crippen molar-refractivity contribution >= 4 is 29.5 Å². The van der Waals surface area contributed by atoms with Crippen LogP contribution in [-0.4, -0.2) is 35.4 Å². The second-order valence-corrected chi connectivity index (χ2v) is 2.95. The normalized spacial score (nSPS) is 15.9. The van der Waals surface area contributed by atoms with Gasteiger partial charge in [-0.25, -0.2) is 4.79 Å². The Morgan fingerprint density at radius 3 is 2.50 bits per heavy atom. The van der Waals surface area contributed by atoms with E-state index < -0.39 is 17.9 Å². The molecule has 3 amide bonds. The van der Waals surface area contributed by atoms with Crippen molar-refractivity contribution in [2.75, 3.05) is 12.4 Å². The predicted octanol–water partition coefficient (Wildman–Crippen LogP) is 0.0154. The Morgan fingerprint density at radius 2 is 2.00 bits per heavy atom. The van der Waals surface area contributed by atoms with Crippen molar-refractivity contribution in [1.82, 2.24) is 10.4 Å². The minimum absolute atomic E-state index is 0.0849. The summed E-state index contributed by atoms with van der Waals surface area (Å²) in [5.74, 6) is -0.774. The third kappa shape index (κ3) is 2.59. The molecule has 1 aliphatic heterocycles. The molecule has 7 heteroatoms. The summed E-state index contributed by atoms with van der Waals surface area (Å²) in [7, 11) is 0. The fourth-order valence-corrected chi connectivity index (χ4v) is 1.02. The van der Waals surface area contributed by atoms with E-state index in [1.807, 2.05) is 0 Å². The zero-order valence-electron chi connectivity index (χ0n) is 7.29. The maximum Gasteiger partial charge on any atom is 0.432 e. The summed E-state index contributed by atoms with van der Waals surface area (Å²) in [4.78, 5) is 37.3. The van der Waals surface area contributed by atoms with E-state index in [0.717, 1.165) is 0 Å². The molecule has 14 heavy (non-hydrogen) atoms. The standard InChI is InChI=1S/C7H9ClN2O4/c8-3-4-9-7(13)14-10-5(11)1-2-6(10)12/h1-4H2,(H,9,13). The van der Waals surface area contributed by atoms with Gasteiger partial charge in [0.1, 0.15) is 0 Å². The van der Waals surface area contributed by atoms with Gasteiger partial charge in [0.25, 0.3) is 11.8 Å². The van der Waals surface area contributed by atoms with Crippen LogP contribution < -0.4 is 5.32 Å². The van der Waals surface area contributed by atoms with Crippen LogP contribution in [0.1, 0.15) is 12.8 Å². The van der Waals surface area contributed by atoms with Gasteiger partial charge in [-0.05, 0) is 0 Å². The number of hydroxylamine groups is 2. The number of rotatable bonds is 3. The van der Waals surface area contributed by atoms with E-state index in [0.29, 0.717) is 5.06 Å². The molecule has 0 atom stereocenters. The van der Waals surface area contributed by atoms with Gasteiger partial charge in [0, 0.05) is 25.3 Å². The molecular weight excluding hydrogens is 212 g/mol. The summed E-state index contributed by atoms with van der Waals surface area (Å²) >= 11 is 5.30. The van der Waals surface area contributed by atoms with Crippen LogP contribution in [0.2, 0.25) is 0 Å². The molecule has 0 unspecified atom stereocenters. The number of nitrogens with zero attached hydrogens (tertiary/aromatic N) is 1. The number of halogens is 1. The number of carbonyl (C=O) groups is 3. The molecule has 1 fully saturated rings. The molecule has 0 aromatic heterocycles. The minimum atomic E-state index is -0.853. The van der Waals surface area contributed by atoms with Crippen LogP contribution in [0.4, 0.5) is 4.79 Å². The van der Waals surface area contributed by atoms with Crippen LogP contribution in [0.3, 0.4) is 0 Å². The molecule has 1 N–H and O–H groups in total. The Bertz CT molecular complexity index is 252. The highest BCUT2D eigenvalue weighted by Crippen LogP contribution is 2.11. The highest BCUT2D eigenvalue weighted by atomic mass is 35.5. The van der Waals surface area contributed by atoms with Gasteiger partial charge < -0.3 is 10.2 Å². The minimum Gasteiger partial charge on any atom is -0.318 e. The lowest BCUT2D eigenvalue weighted by Gasteiger charge is -2.12. The van der Waals surface area contributed by atoms with Gasteiger partial charge in [0.15, 0.2) is 0 Å². The van der Waals surface area contributed by atoms with Gasteiger partial charge >= 0.3 is 6.09 Å². The van der Waals surface area contributed by atoms with Crippen molar-refractivity contribution < 1.29 is 19.2 Å². The fraction of sp³-hybridized carbons (Fsp3) is 0.571. The van der Waals surface area contributed by atoms with Crippen LogP contribution in [-0.2, 0) is 14.4 Å². The third-order valence-corrected chi connectivity index (χ3v) is 1.73. The van der Waals surface area contributed by atoms with E-state index in [9.17, 15) is 14.4 Å². The molecular formula is C7H9ClN2O4. The van der Waals surface area contributed by atoms with Gasteiger partial charge in [0.2, 0.25) is 0 Å². The van der Waals surface area contributed by atoms with Crippen molar-refractivity contribution in [3.05, 3.63) is 0 Å². The quantitative estimate of drug-likeness (QED) is 0.537. The fourth-order valence-electron chi connectivity index (χ4n) is 0.922. The first kappa shape index (κ1) is 10.8. The summed E-state index contributed by atoms with van der Waals surface area (Å²) in [5, 5.41) is 2.74. The first-order valence-corrected chi connectivity index (χ1v) is 4.56. The van der Waals surface area contributed by atoms with Crippen LogP contribution in [0.25, 0.3) is 0 Å². The van der Waals surface area contributed by atoms with E-state index >= 15 is 0 Å². The second-order valence-electron chi connectivity index (χ2n) is 2.58. The number of imide groups is 1. The van der Waals surface area contributed by atoms with Crippen LogP contribution in [0, 0.1) is 0 Å². The number of nitrogens with one attached hydrogen (secondary N) is 1. The van der Waals surface area contributed by atoms with E-state index in [1.165, 1.54) is 0 Å². The van der Waals surface area contributed by atoms with Crippen LogP contribution in [0.15, 0.2) is 0 Å². The Morgan fingerprint density at radius 1 is 1.43 bits per heavy atom. The molecule has 1 saturated heterocycles. The smallest absolute Gasteiger partial charge is 0.318 e. The van der Waals surface area contributed by atoms with E-state index in [2.05, 4.69) is 10.2 Å². The van der Waals surface area contributed by atoms with E-state index in [1.54, 1.807) is 0 Å². The molecule has 0 bridgehead atoms. The Kier molecular flexibility index (Phi) is 3.70. The average Bonchev–Trinajstić information content (AvgIpc) is 2.46. The first-order chi connectivity index (χ1) is 6.65. The van der Waals surface area contributed by atoms with E-state index in [-0.39, 0.29) is 25.3 Å². The van der Waals surface area contributed by atoms with E-state index in [4.69, 9.17) is 11.6 Å². The number of hydrogen-bond acceptors (Lipinski definition) is 4. The monoisotopic (exact) mass is 220 g/mol. The molecule has 0 saturated carbocycles. The Balaban J connectivity index is 2.39. The maximum atomic E-state index is 11.0. The molecule has 1 heterocycles. The number of carbonyl (C=O) groups excluding carboxylic acids is 3. The summed E-state index contributed by atoms with van der Waals surface area (Å²) in [6.07, 6.45) is -0.683. The summed E-state index contributed by atoms with van der Waals surface area (Å²) in [5.41, 5.74) is 0. The number of alkyl halides is 1. The lowest BCUT2D eigenvalue weighted by Crippen LogP contribution is -2.37. The largest absolute Gasteiger partial charge is 0.432 e. The lowest BCUT2D eigenvalue weighted by atomic mass is 10.4. The SMILES string of the molecule is O=C(NCCCl)ON1C(=O)CCC1=O. The van der Waals surface area contributed by atoms with Gasteiger partial charge in [-0.3, -0.25) is 9.59 Å². The summed E-state index contributed by atoms with van der Waals surface area (Å²) < 4.78 is 0. The molecule has 0 aromatic rings. The molecule has 0 aliphatic carbocycles. The maximum absolute atomic E-state index is 11.0. The molecule has 0 radical (unpaired) electrons. The number of amides is 3. The molecule has 0 aromatic carbocycles. The van der Waals surface area contributed by atoms with Crippen molar-refractivity contribution in [3.8, 4) is 0 Å². The highest BCUT2D eigenvalue weighted by molar-refractivity contribution is 6.18. The molecule has 0 spiro atoms. The number of hydrogen-bond donors (Lipinski definition) is 1.